The summed E-state index contributed by atoms with van der Waals surface area (Å²) >= 11 is 6.31. The molecule has 0 aliphatic heterocycles. The van der Waals surface area contributed by atoms with Crippen LogP contribution in [0.15, 0.2) is 18.2 Å². The second-order valence-electron chi connectivity index (χ2n) is 5.51. The quantitative estimate of drug-likeness (QED) is 0.778. The number of nitrogens with zero attached hydrogens (tertiary/aromatic N) is 1. The van der Waals surface area contributed by atoms with E-state index in [1.54, 1.807) is 0 Å². The van der Waals surface area contributed by atoms with Crippen LogP contribution in [-0.4, -0.2) is 30.6 Å². The monoisotopic (exact) mass is 295 g/mol. The molecule has 0 aromatic heterocycles. The number of hydrogen-bond donors (Lipinski definition) is 0. The zero-order valence-corrected chi connectivity index (χ0v) is 12.9. The van der Waals surface area contributed by atoms with Crippen molar-refractivity contribution in [3.8, 4) is 0 Å². The van der Waals surface area contributed by atoms with Gasteiger partial charge in [-0.2, -0.15) is 0 Å². The molecule has 1 saturated carbocycles. The molecule has 0 unspecified atom stereocenters. The van der Waals surface area contributed by atoms with E-state index in [1.807, 2.05) is 13.0 Å². The minimum Gasteiger partial charge on any atom is -0.468 e. The number of esters is 1. The molecule has 1 aromatic carbocycles. The van der Waals surface area contributed by atoms with E-state index in [0.717, 1.165) is 29.0 Å². The lowest BCUT2D eigenvalue weighted by molar-refractivity contribution is -0.142. The zero-order chi connectivity index (χ0) is 14.5. The summed E-state index contributed by atoms with van der Waals surface area (Å²) in [6.45, 7) is 3.07. The van der Waals surface area contributed by atoms with Gasteiger partial charge in [0.25, 0.3) is 0 Å². The molecule has 1 aliphatic carbocycles. The minimum atomic E-state index is -0.180. The van der Waals surface area contributed by atoms with Crippen LogP contribution < -0.4 is 0 Å². The van der Waals surface area contributed by atoms with Gasteiger partial charge in [0.1, 0.15) is 0 Å². The molecule has 1 aromatic rings. The summed E-state index contributed by atoms with van der Waals surface area (Å²) in [5, 5.41) is 0.776. The SMILES string of the molecule is COC(=O)CN(Cc1ccc(C)cc1Cl)C1CCCC1. The molecule has 0 saturated heterocycles. The highest BCUT2D eigenvalue weighted by Crippen LogP contribution is 2.27. The van der Waals surface area contributed by atoms with Gasteiger partial charge in [-0.15, -0.1) is 0 Å². The topological polar surface area (TPSA) is 29.5 Å². The maximum Gasteiger partial charge on any atom is 0.319 e. The van der Waals surface area contributed by atoms with Crippen LogP contribution in [0, 0.1) is 6.92 Å². The number of ether oxygens (including phenoxy) is 1. The van der Waals surface area contributed by atoms with Gasteiger partial charge in [-0.05, 0) is 37.0 Å². The van der Waals surface area contributed by atoms with Crippen molar-refractivity contribution in [2.75, 3.05) is 13.7 Å². The summed E-state index contributed by atoms with van der Waals surface area (Å²) in [4.78, 5) is 13.8. The first-order valence-corrected chi connectivity index (χ1v) is 7.54. The molecule has 1 aliphatic rings. The molecular formula is C16H22ClNO2. The third-order valence-corrected chi connectivity index (χ3v) is 4.33. The summed E-state index contributed by atoms with van der Waals surface area (Å²) in [7, 11) is 1.44. The van der Waals surface area contributed by atoms with Gasteiger partial charge in [0, 0.05) is 17.6 Å². The molecule has 2 rings (SSSR count). The maximum atomic E-state index is 11.6. The third-order valence-electron chi connectivity index (χ3n) is 3.98. The Kier molecular flexibility index (Phi) is 5.44. The molecular weight excluding hydrogens is 274 g/mol. The fourth-order valence-corrected chi connectivity index (χ4v) is 3.11. The molecule has 3 nitrogen and oxygen atoms in total. The predicted molar refractivity (Wildman–Crippen MR) is 80.9 cm³/mol. The molecule has 4 heteroatoms. The van der Waals surface area contributed by atoms with E-state index in [0.29, 0.717) is 19.1 Å². The smallest absolute Gasteiger partial charge is 0.319 e. The largest absolute Gasteiger partial charge is 0.468 e. The molecule has 0 N–H and O–H groups in total. The fourth-order valence-electron chi connectivity index (χ4n) is 2.81. The van der Waals surface area contributed by atoms with Crippen LogP contribution in [0.1, 0.15) is 36.8 Å². The first kappa shape index (κ1) is 15.3. The van der Waals surface area contributed by atoms with Crippen molar-refractivity contribution in [3.63, 3.8) is 0 Å². The van der Waals surface area contributed by atoms with E-state index in [1.165, 1.54) is 20.0 Å². The first-order chi connectivity index (χ1) is 9.60. The summed E-state index contributed by atoms with van der Waals surface area (Å²) in [5.74, 6) is -0.180. The van der Waals surface area contributed by atoms with Gasteiger partial charge in [-0.3, -0.25) is 9.69 Å². The second kappa shape index (κ2) is 7.09. The highest BCUT2D eigenvalue weighted by atomic mass is 35.5. The van der Waals surface area contributed by atoms with Crippen LogP contribution in [0.5, 0.6) is 0 Å². The summed E-state index contributed by atoms with van der Waals surface area (Å²) in [6, 6.07) is 6.55. The Hall–Kier alpha value is -1.06. The normalized spacial score (nSPS) is 15.8. The van der Waals surface area contributed by atoms with Crippen molar-refractivity contribution in [1.82, 2.24) is 4.90 Å². The maximum absolute atomic E-state index is 11.6. The number of methoxy groups -OCH3 is 1. The molecule has 20 heavy (non-hydrogen) atoms. The Morgan fingerprint density at radius 3 is 2.70 bits per heavy atom. The lowest BCUT2D eigenvalue weighted by atomic mass is 10.1. The lowest BCUT2D eigenvalue weighted by Crippen LogP contribution is -2.37. The van der Waals surface area contributed by atoms with Crippen LogP contribution in [0.2, 0.25) is 5.02 Å². The molecule has 0 spiro atoms. The van der Waals surface area contributed by atoms with Gasteiger partial charge in [0.2, 0.25) is 0 Å². The number of rotatable bonds is 5. The molecule has 0 atom stereocenters. The van der Waals surface area contributed by atoms with E-state index in [4.69, 9.17) is 16.3 Å². The van der Waals surface area contributed by atoms with E-state index in [-0.39, 0.29) is 5.97 Å². The number of hydrogen-bond acceptors (Lipinski definition) is 3. The third kappa shape index (κ3) is 3.97. The van der Waals surface area contributed by atoms with Crippen LogP contribution in [0.3, 0.4) is 0 Å². The summed E-state index contributed by atoms with van der Waals surface area (Å²) in [6.07, 6.45) is 4.79. The summed E-state index contributed by atoms with van der Waals surface area (Å²) < 4.78 is 4.81. The molecule has 110 valence electrons. The van der Waals surface area contributed by atoms with Crippen LogP contribution >= 0.6 is 11.6 Å². The second-order valence-corrected chi connectivity index (χ2v) is 5.92. The average molecular weight is 296 g/mol. The van der Waals surface area contributed by atoms with Crippen molar-refractivity contribution in [2.24, 2.45) is 0 Å². The van der Waals surface area contributed by atoms with E-state index >= 15 is 0 Å². The highest BCUT2D eigenvalue weighted by Gasteiger charge is 2.25. The molecule has 1 fully saturated rings. The Morgan fingerprint density at radius 1 is 1.40 bits per heavy atom. The van der Waals surface area contributed by atoms with E-state index in [2.05, 4.69) is 17.0 Å². The van der Waals surface area contributed by atoms with Gasteiger partial charge in [-0.1, -0.05) is 36.6 Å². The van der Waals surface area contributed by atoms with Crippen molar-refractivity contribution >= 4 is 17.6 Å². The van der Waals surface area contributed by atoms with Crippen LogP contribution in [0.4, 0.5) is 0 Å². The molecule has 0 amide bonds. The number of aryl methyl sites for hydroxylation is 1. The molecule has 0 bridgehead atoms. The van der Waals surface area contributed by atoms with Crippen molar-refractivity contribution in [3.05, 3.63) is 34.3 Å². The van der Waals surface area contributed by atoms with Crippen molar-refractivity contribution < 1.29 is 9.53 Å². The summed E-state index contributed by atoms with van der Waals surface area (Å²) in [5.41, 5.74) is 2.23. The fraction of sp³-hybridized carbons (Fsp3) is 0.562. The average Bonchev–Trinajstić information content (AvgIpc) is 2.94. The Balaban J connectivity index is 2.11. The Morgan fingerprint density at radius 2 is 2.10 bits per heavy atom. The number of carbonyl (C=O) groups is 1. The van der Waals surface area contributed by atoms with Crippen molar-refractivity contribution in [1.29, 1.82) is 0 Å². The minimum absolute atomic E-state index is 0.180. The Bertz CT molecular complexity index is 470. The van der Waals surface area contributed by atoms with Gasteiger partial charge in [0.05, 0.1) is 13.7 Å². The standard InChI is InChI=1S/C16H22ClNO2/c1-12-7-8-13(15(17)9-12)10-18(11-16(19)20-2)14-5-3-4-6-14/h7-9,14H,3-6,10-11H2,1-2H3. The number of carbonyl (C=O) groups excluding carboxylic acids is 1. The van der Waals surface area contributed by atoms with Crippen LogP contribution in [0.25, 0.3) is 0 Å². The highest BCUT2D eigenvalue weighted by molar-refractivity contribution is 6.31. The number of benzene rings is 1. The van der Waals surface area contributed by atoms with E-state index in [9.17, 15) is 4.79 Å². The van der Waals surface area contributed by atoms with Crippen molar-refractivity contribution in [2.45, 2.75) is 45.2 Å². The zero-order valence-electron chi connectivity index (χ0n) is 12.2. The lowest BCUT2D eigenvalue weighted by Gasteiger charge is -2.28. The first-order valence-electron chi connectivity index (χ1n) is 7.16. The Labute approximate surface area is 125 Å². The van der Waals surface area contributed by atoms with E-state index < -0.39 is 0 Å². The van der Waals surface area contributed by atoms with Gasteiger partial charge < -0.3 is 4.74 Å². The molecule has 0 radical (unpaired) electrons. The van der Waals surface area contributed by atoms with Crippen LogP contribution in [-0.2, 0) is 16.1 Å². The number of halogens is 1. The van der Waals surface area contributed by atoms with Gasteiger partial charge >= 0.3 is 5.97 Å². The molecule has 0 heterocycles. The predicted octanol–water partition coefficient (Wildman–Crippen LogP) is 3.57. The van der Waals surface area contributed by atoms with Gasteiger partial charge in [-0.25, -0.2) is 0 Å². The van der Waals surface area contributed by atoms with Gasteiger partial charge in [0.15, 0.2) is 0 Å².